The lowest BCUT2D eigenvalue weighted by Crippen LogP contribution is -2.20. The van der Waals surface area contributed by atoms with E-state index in [4.69, 9.17) is 0 Å². The molecule has 0 atom stereocenters. The van der Waals surface area contributed by atoms with Gasteiger partial charge in [0.1, 0.15) is 5.82 Å². The summed E-state index contributed by atoms with van der Waals surface area (Å²) in [5.41, 5.74) is 6.92. The highest BCUT2D eigenvalue weighted by atomic mass is 28.3. The van der Waals surface area contributed by atoms with Gasteiger partial charge in [-0.1, -0.05) is 105 Å². The van der Waals surface area contributed by atoms with E-state index in [1.54, 1.807) is 12.1 Å². The van der Waals surface area contributed by atoms with E-state index in [0.717, 1.165) is 42.7 Å². The van der Waals surface area contributed by atoms with Crippen LogP contribution >= 0.6 is 0 Å². The number of hydrogen-bond acceptors (Lipinski definition) is 0. The van der Waals surface area contributed by atoms with Gasteiger partial charge < -0.3 is 0 Å². The lowest BCUT2D eigenvalue weighted by Gasteiger charge is -2.27. The van der Waals surface area contributed by atoms with Crippen molar-refractivity contribution in [3.05, 3.63) is 94.8 Å². The predicted octanol–water partition coefficient (Wildman–Crippen LogP) is 8.74. The molecule has 0 aliphatic carbocycles. The summed E-state index contributed by atoms with van der Waals surface area (Å²) in [7, 11) is -0.409. The summed E-state index contributed by atoms with van der Waals surface area (Å²) in [5.74, 6) is 0.658. The van der Waals surface area contributed by atoms with Gasteiger partial charge in [0, 0.05) is 14.4 Å². The van der Waals surface area contributed by atoms with Crippen molar-refractivity contribution in [3.8, 4) is 11.1 Å². The molecule has 0 aromatic heterocycles. The summed E-state index contributed by atoms with van der Waals surface area (Å²) < 4.78 is 14.8. The van der Waals surface area contributed by atoms with Crippen molar-refractivity contribution in [1.82, 2.24) is 0 Å². The molecule has 0 unspecified atom stereocenters. The Balaban J connectivity index is 1.32. The van der Waals surface area contributed by atoms with Gasteiger partial charge in [0.05, 0.1) is 0 Å². The summed E-state index contributed by atoms with van der Waals surface area (Å²) in [5, 5.41) is 0. The average Bonchev–Trinajstić information content (AvgIpc) is 2.85. The van der Waals surface area contributed by atoms with E-state index in [1.807, 2.05) is 18.2 Å². The van der Waals surface area contributed by atoms with Crippen LogP contribution in [-0.4, -0.2) is 8.80 Å². The number of benzene rings is 3. The number of rotatable bonds is 9. The van der Waals surface area contributed by atoms with Crippen molar-refractivity contribution in [2.75, 3.05) is 0 Å². The number of halogens is 1. The smallest absolute Gasteiger partial charge is 0.131 e. The van der Waals surface area contributed by atoms with Gasteiger partial charge in [-0.3, -0.25) is 0 Å². The molecule has 1 heterocycles. The highest BCUT2D eigenvalue weighted by Crippen LogP contribution is 2.35. The first-order chi connectivity index (χ1) is 16.2. The molecule has 33 heavy (non-hydrogen) atoms. The van der Waals surface area contributed by atoms with Crippen LogP contribution in [0.2, 0.25) is 18.1 Å². The fraction of sp³-hybridized carbons (Fsp3) is 0.419. The van der Waals surface area contributed by atoms with E-state index in [1.165, 1.54) is 48.0 Å². The van der Waals surface area contributed by atoms with Gasteiger partial charge in [-0.25, -0.2) is 4.39 Å². The SMILES string of the molecule is CCCc1ccc(-c2ccc(CCc3ccc([C@H]4CC[Si@H](CCC)CC4)cc3)cc2F)cc1. The van der Waals surface area contributed by atoms with Crippen LogP contribution in [0, 0.1) is 5.82 Å². The van der Waals surface area contributed by atoms with Crippen LogP contribution in [0.15, 0.2) is 66.7 Å². The van der Waals surface area contributed by atoms with Gasteiger partial charge in [-0.15, -0.1) is 0 Å². The summed E-state index contributed by atoms with van der Waals surface area (Å²) in [6, 6.07) is 28.0. The normalized spacial score (nSPS) is 18.4. The molecule has 3 aromatic rings. The molecule has 0 saturated carbocycles. The molecule has 0 bridgehead atoms. The molecule has 3 aromatic carbocycles. The van der Waals surface area contributed by atoms with Crippen LogP contribution < -0.4 is 0 Å². The third-order valence-corrected chi connectivity index (χ3v) is 11.2. The summed E-state index contributed by atoms with van der Waals surface area (Å²) >= 11 is 0. The van der Waals surface area contributed by atoms with Crippen LogP contribution in [0.1, 0.15) is 67.7 Å². The molecule has 174 valence electrons. The van der Waals surface area contributed by atoms with Crippen molar-refractivity contribution >= 4 is 8.80 Å². The minimum atomic E-state index is -0.409. The van der Waals surface area contributed by atoms with Crippen LogP contribution in [0.4, 0.5) is 4.39 Å². The van der Waals surface area contributed by atoms with Crippen molar-refractivity contribution in [2.45, 2.75) is 82.8 Å². The average molecular weight is 459 g/mol. The van der Waals surface area contributed by atoms with Crippen molar-refractivity contribution < 1.29 is 4.39 Å². The fourth-order valence-corrected chi connectivity index (χ4v) is 8.96. The summed E-state index contributed by atoms with van der Waals surface area (Å²) in [4.78, 5) is 0. The molecule has 1 aliphatic rings. The Kier molecular flexibility index (Phi) is 8.55. The molecule has 0 nitrogen and oxygen atoms in total. The molecule has 2 heteroatoms. The van der Waals surface area contributed by atoms with Gasteiger partial charge in [0.15, 0.2) is 0 Å². The minimum Gasteiger partial charge on any atom is -0.206 e. The van der Waals surface area contributed by atoms with Gasteiger partial charge >= 0.3 is 0 Å². The highest BCUT2D eigenvalue weighted by Gasteiger charge is 2.22. The van der Waals surface area contributed by atoms with Gasteiger partial charge in [-0.05, 0) is 71.9 Å². The minimum absolute atomic E-state index is 0.117. The first-order valence-corrected chi connectivity index (χ1v) is 15.6. The second kappa shape index (κ2) is 11.8. The highest BCUT2D eigenvalue weighted by molar-refractivity contribution is 6.59. The molecule has 1 aliphatic heterocycles. The maximum absolute atomic E-state index is 14.8. The van der Waals surface area contributed by atoms with Gasteiger partial charge in [-0.2, -0.15) is 0 Å². The Labute approximate surface area is 201 Å². The lowest BCUT2D eigenvalue weighted by molar-refractivity contribution is 0.605. The first kappa shape index (κ1) is 23.9. The monoisotopic (exact) mass is 458 g/mol. The predicted molar refractivity (Wildman–Crippen MR) is 144 cm³/mol. The maximum Gasteiger partial charge on any atom is 0.131 e. The summed E-state index contributed by atoms with van der Waals surface area (Å²) in [6.45, 7) is 4.52. The molecule has 0 spiro atoms. The Hall–Kier alpha value is -2.19. The van der Waals surface area contributed by atoms with Crippen molar-refractivity contribution in [2.24, 2.45) is 0 Å². The van der Waals surface area contributed by atoms with E-state index in [9.17, 15) is 4.39 Å². The van der Waals surface area contributed by atoms with Gasteiger partial charge in [0.2, 0.25) is 0 Å². The van der Waals surface area contributed by atoms with Crippen molar-refractivity contribution in [3.63, 3.8) is 0 Å². The zero-order valence-corrected chi connectivity index (χ0v) is 21.6. The molecular weight excluding hydrogens is 419 g/mol. The molecule has 1 fully saturated rings. The zero-order valence-electron chi connectivity index (χ0n) is 20.5. The first-order valence-electron chi connectivity index (χ1n) is 13.1. The summed E-state index contributed by atoms with van der Waals surface area (Å²) in [6.07, 6.45) is 8.24. The Morgan fingerprint density at radius 1 is 0.727 bits per heavy atom. The van der Waals surface area contributed by atoms with E-state index >= 15 is 0 Å². The van der Waals surface area contributed by atoms with E-state index in [2.05, 4.69) is 56.3 Å². The maximum atomic E-state index is 14.8. The molecule has 0 amide bonds. The van der Waals surface area contributed by atoms with E-state index in [-0.39, 0.29) is 5.82 Å². The topological polar surface area (TPSA) is 0 Å². The second-order valence-electron chi connectivity index (χ2n) is 10.0. The second-order valence-corrected chi connectivity index (χ2v) is 13.5. The third kappa shape index (κ3) is 6.44. The molecule has 0 N–H and O–H groups in total. The number of aryl methyl sites for hydroxylation is 3. The fourth-order valence-electron chi connectivity index (χ4n) is 5.53. The Bertz CT molecular complexity index is 998. The van der Waals surface area contributed by atoms with Crippen LogP contribution in [0.25, 0.3) is 11.1 Å². The largest absolute Gasteiger partial charge is 0.206 e. The van der Waals surface area contributed by atoms with Crippen LogP contribution in [-0.2, 0) is 19.3 Å². The molecule has 1 saturated heterocycles. The van der Waals surface area contributed by atoms with Crippen LogP contribution in [0.3, 0.4) is 0 Å². The standard InChI is InChI=1S/C31H39FSi/c1-3-5-24-10-15-29(16-11-24)30-17-12-26(23-31(30)32)7-6-25-8-13-27(14-9-25)28-18-21-33(20-4-2)22-19-28/h8-17,23,28,33H,3-7,18-22H2,1-2H3/t28-,33-. The molecular formula is C31H39FSi. The Morgan fingerprint density at radius 2 is 1.33 bits per heavy atom. The van der Waals surface area contributed by atoms with E-state index in [0.29, 0.717) is 5.56 Å². The van der Waals surface area contributed by atoms with Crippen molar-refractivity contribution in [1.29, 1.82) is 0 Å². The number of hydrogen-bond donors (Lipinski definition) is 0. The quantitative estimate of drug-likeness (QED) is 0.281. The third-order valence-electron chi connectivity index (χ3n) is 7.53. The van der Waals surface area contributed by atoms with Gasteiger partial charge in [0.25, 0.3) is 0 Å². The Morgan fingerprint density at radius 3 is 1.97 bits per heavy atom. The van der Waals surface area contributed by atoms with E-state index < -0.39 is 8.80 Å². The zero-order chi connectivity index (χ0) is 23.0. The van der Waals surface area contributed by atoms with Crippen LogP contribution in [0.5, 0.6) is 0 Å². The lowest BCUT2D eigenvalue weighted by atomic mass is 9.92. The molecule has 4 rings (SSSR count). The molecule has 0 radical (unpaired) electrons.